The Balaban J connectivity index is 2.35. The van der Waals surface area contributed by atoms with Crippen molar-refractivity contribution in [1.82, 2.24) is 4.98 Å². The molecule has 20 heavy (non-hydrogen) atoms. The van der Waals surface area contributed by atoms with Gasteiger partial charge in [-0.3, -0.25) is 4.72 Å². The smallest absolute Gasteiger partial charge is 0.336 e. The van der Waals surface area contributed by atoms with Crippen LogP contribution in [0.5, 0.6) is 0 Å². The van der Waals surface area contributed by atoms with Crippen LogP contribution in [0, 0.1) is 0 Å². The number of carboxylic acids is 1. The quantitative estimate of drug-likeness (QED) is 0.773. The molecule has 106 valence electrons. The van der Waals surface area contributed by atoms with Gasteiger partial charge in [-0.1, -0.05) is 11.6 Å². The fourth-order valence-electron chi connectivity index (χ4n) is 1.26. The number of sulfonamides is 1. The number of hydrogen-bond acceptors (Lipinski definition) is 5. The Morgan fingerprint density at radius 3 is 2.75 bits per heavy atom. The molecule has 0 saturated carbocycles. The lowest BCUT2D eigenvalue weighted by atomic mass is 10.4. The van der Waals surface area contributed by atoms with Crippen LogP contribution in [0.4, 0.5) is 5.69 Å². The molecule has 0 saturated heterocycles. The van der Waals surface area contributed by atoms with Crippen molar-refractivity contribution in [3.8, 4) is 0 Å². The number of carboxylic acid groups (broad SMARTS) is 1. The fraction of sp³-hybridized carbons (Fsp3) is 0. The molecule has 0 aliphatic heterocycles. The minimum absolute atomic E-state index is 0.00760. The van der Waals surface area contributed by atoms with Crippen molar-refractivity contribution in [2.24, 2.45) is 0 Å². The second kappa shape index (κ2) is 5.68. The average Bonchev–Trinajstić information content (AvgIpc) is 2.84. The molecule has 0 aliphatic carbocycles. The lowest BCUT2D eigenvalue weighted by molar-refractivity contribution is 0.0697. The third kappa shape index (κ3) is 3.29. The van der Waals surface area contributed by atoms with Crippen molar-refractivity contribution < 1.29 is 18.3 Å². The van der Waals surface area contributed by atoms with Gasteiger partial charge in [-0.2, -0.15) is 0 Å². The van der Waals surface area contributed by atoms with Gasteiger partial charge in [-0.15, -0.1) is 11.3 Å². The van der Waals surface area contributed by atoms with Gasteiger partial charge >= 0.3 is 5.97 Å². The molecular formula is C10H6BrClN2O4S2. The van der Waals surface area contributed by atoms with E-state index in [4.69, 9.17) is 16.7 Å². The van der Waals surface area contributed by atoms with Crippen molar-refractivity contribution in [1.29, 1.82) is 0 Å². The summed E-state index contributed by atoms with van der Waals surface area (Å²) in [5.74, 6) is -1.19. The maximum Gasteiger partial charge on any atom is 0.336 e. The average molecular weight is 398 g/mol. The molecule has 10 heteroatoms. The fourth-order valence-corrected chi connectivity index (χ4v) is 4.01. The Kier molecular flexibility index (Phi) is 4.33. The number of anilines is 1. The Morgan fingerprint density at radius 1 is 1.45 bits per heavy atom. The first kappa shape index (κ1) is 15.2. The molecule has 0 atom stereocenters. The number of nitrogens with one attached hydrogen (secondary N) is 1. The molecule has 0 radical (unpaired) electrons. The van der Waals surface area contributed by atoms with E-state index in [1.807, 2.05) is 0 Å². The molecule has 0 amide bonds. The maximum absolute atomic E-state index is 12.1. The number of rotatable bonds is 4. The van der Waals surface area contributed by atoms with E-state index in [1.165, 1.54) is 17.6 Å². The van der Waals surface area contributed by atoms with Crippen molar-refractivity contribution in [3.05, 3.63) is 38.9 Å². The number of pyridine rings is 1. The van der Waals surface area contributed by atoms with E-state index < -0.39 is 16.0 Å². The molecule has 2 heterocycles. The second-order valence-electron chi connectivity index (χ2n) is 3.56. The number of halogens is 2. The normalized spacial score (nSPS) is 11.3. The van der Waals surface area contributed by atoms with Gasteiger partial charge in [0.25, 0.3) is 10.0 Å². The van der Waals surface area contributed by atoms with E-state index in [0.717, 1.165) is 17.4 Å². The highest BCUT2D eigenvalue weighted by atomic mass is 79.9. The highest BCUT2D eigenvalue weighted by molar-refractivity contribution is 9.10. The van der Waals surface area contributed by atoms with Gasteiger partial charge in [0.1, 0.15) is 4.21 Å². The molecule has 0 aliphatic rings. The zero-order valence-corrected chi connectivity index (χ0v) is 13.5. The number of hydrogen-bond donors (Lipinski definition) is 2. The van der Waals surface area contributed by atoms with Gasteiger partial charge in [0.05, 0.1) is 11.3 Å². The van der Waals surface area contributed by atoms with Crippen LogP contribution in [0.3, 0.4) is 0 Å². The van der Waals surface area contributed by atoms with Crippen molar-refractivity contribution >= 4 is 60.5 Å². The Bertz CT molecular complexity index is 775. The monoisotopic (exact) mass is 396 g/mol. The summed E-state index contributed by atoms with van der Waals surface area (Å²) in [6.07, 6.45) is 1.42. The van der Waals surface area contributed by atoms with Crippen LogP contribution in [-0.2, 0) is 10.0 Å². The van der Waals surface area contributed by atoms with Crippen LogP contribution in [0.25, 0.3) is 0 Å². The molecule has 0 fully saturated rings. The summed E-state index contributed by atoms with van der Waals surface area (Å²) < 4.78 is 26.9. The molecule has 2 aromatic heterocycles. The van der Waals surface area contributed by atoms with Crippen molar-refractivity contribution in [2.45, 2.75) is 4.21 Å². The Morgan fingerprint density at radius 2 is 2.15 bits per heavy atom. The van der Waals surface area contributed by atoms with Crippen LogP contribution in [-0.4, -0.2) is 24.5 Å². The predicted molar refractivity (Wildman–Crippen MR) is 79.0 cm³/mol. The van der Waals surface area contributed by atoms with Crippen LogP contribution in [0.15, 0.2) is 32.4 Å². The highest BCUT2D eigenvalue weighted by Gasteiger charge is 2.20. The van der Waals surface area contributed by atoms with Gasteiger partial charge in [0, 0.05) is 16.0 Å². The summed E-state index contributed by atoms with van der Waals surface area (Å²) in [6, 6.07) is 2.53. The Labute approximate surface area is 131 Å². The minimum atomic E-state index is -3.91. The molecule has 0 bridgehead atoms. The first-order valence-electron chi connectivity index (χ1n) is 4.95. The molecule has 2 aromatic rings. The molecule has 2 rings (SSSR count). The lowest BCUT2D eigenvalue weighted by Gasteiger charge is -2.07. The zero-order chi connectivity index (χ0) is 14.9. The van der Waals surface area contributed by atoms with Gasteiger partial charge < -0.3 is 5.11 Å². The summed E-state index contributed by atoms with van der Waals surface area (Å²) in [7, 11) is -3.91. The highest BCUT2D eigenvalue weighted by Crippen LogP contribution is 2.28. The molecule has 2 N–H and O–H groups in total. The number of aromatic carboxylic acids is 1. The number of thiophene rings is 1. The zero-order valence-electron chi connectivity index (χ0n) is 9.50. The number of aromatic nitrogens is 1. The first-order valence-corrected chi connectivity index (χ1v) is 8.48. The number of carbonyl (C=O) groups is 1. The number of nitrogens with zero attached hydrogens (tertiary/aromatic N) is 1. The van der Waals surface area contributed by atoms with Crippen molar-refractivity contribution in [2.75, 3.05) is 4.72 Å². The van der Waals surface area contributed by atoms with E-state index in [0.29, 0.717) is 4.47 Å². The summed E-state index contributed by atoms with van der Waals surface area (Å²) >= 11 is 9.76. The van der Waals surface area contributed by atoms with Crippen LogP contribution in [0.2, 0.25) is 5.15 Å². The van der Waals surface area contributed by atoms with Gasteiger partial charge in [0.2, 0.25) is 0 Å². The van der Waals surface area contributed by atoms with Crippen LogP contribution in [0.1, 0.15) is 10.4 Å². The predicted octanol–water partition coefficient (Wildman–Crippen LogP) is 3.06. The largest absolute Gasteiger partial charge is 0.478 e. The van der Waals surface area contributed by atoms with Gasteiger partial charge in [-0.25, -0.2) is 18.2 Å². The first-order chi connectivity index (χ1) is 9.29. The van der Waals surface area contributed by atoms with Crippen LogP contribution >= 0.6 is 38.9 Å². The molecular weight excluding hydrogens is 392 g/mol. The van der Waals surface area contributed by atoms with E-state index in [9.17, 15) is 13.2 Å². The topological polar surface area (TPSA) is 96.4 Å². The standard InChI is InChI=1S/C10H6BrClN2O4S2/c11-6-2-7(9(12)13-3-6)14-20(17,18)8-1-5(4-19-8)10(15)16/h1-4,14H,(H,15,16). The minimum Gasteiger partial charge on any atom is -0.478 e. The molecule has 6 nitrogen and oxygen atoms in total. The third-order valence-corrected chi connectivity index (χ3v) is 5.68. The lowest BCUT2D eigenvalue weighted by Crippen LogP contribution is -2.12. The molecule has 0 aromatic carbocycles. The molecule has 0 spiro atoms. The maximum atomic E-state index is 12.1. The Hall–Kier alpha value is -1.16. The van der Waals surface area contributed by atoms with E-state index in [1.54, 1.807) is 0 Å². The third-order valence-electron chi connectivity index (χ3n) is 2.14. The van der Waals surface area contributed by atoms with E-state index >= 15 is 0 Å². The summed E-state index contributed by atoms with van der Waals surface area (Å²) in [5.41, 5.74) is 0.0140. The summed E-state index contributed by atoms with van der Waals surface area (Å²) in [6.45, 7) is 0. The second-order valence-corrected chi connectivity index (χ2v) is 7.65. The van der Waals surface area contributed by atoms with Gasteiger partial charge in [0.15, 0.2) is 5.15 Å². The van der Waals surface area contributed by atoms with E-state index in [2.05, 4.69) is 25.6 Å². The SMILES string of the molecule is O=C(O)c1csc(S(=O)(=O)Nc2cc(Br)cnc2Cl)c1. The summed E-state index contributed by atoms with van der Waals surface area (Å²) in [4.78, 5) is 14.5. The van der Waals surface area contributed by atoms with Gasteiger partial charge in [-0.05, 0) is 28.1 Å². The van der Waals surface area contributed by atoms with Crippen molar-refractivity contribution in [3.63, 3.8) is 0 Å². The molecule has 0 unspecified atom stereocenters. The van der Waals surface area contributed by atoms with Crippen LogP contribution < -0.4 is 4.72 Å². The summed E-state index contributed by atoms with van der Waals surface area (Å²) in [5, 5.41) is 10.0. The van der Waals surface area contributed by atoms with E-state index in [-0.39, 0.29) is 20.6 Å².